The molecule has 0 atom stereocenters. The van der Waals surface area contributed by atoms with Gasteiger partial charge in [-0.25, -0.2) is 0 Å². The number of aromatic nitrogens is 1. The Hall–Kier alpha value is -2.30. The van der Waals surface area contributed by atoms with Gasteiger partial charge in [-0.2, -0.15) is 0 Å². The Morgan fingerprint density at radius 3 is 2.60 bits per heavy atom. The van der Waals surface area contributed by atoms with Crippen molar-refractivity contribution in [3.63, 3.8) is 0 Å². The van der Waals surface area contributed by atoms with Crippen molar-refractivity contribution in [2.24, 2.45) is 11.8 Å². The van der Waals surface area contributed by atoms with Gasteiger partial charge in [-0.3, -0.25) is 4.79 Å². The van der Waals surface area contributed by atoms with E-state index in [0.717, 1.165) is 17.0 Å². The third kappa shape index (κ3) is 5.62. The van der Waals surface area contributed by atoms with Gasteiger partial charge >= 0.3 is 0 Å². The molecule has 0 fully saturated rings. The number of rotatable bonds is 8. The van der Waals surface area contributed by atoms with E-state index < -0.39 is 0 Å². The molecule has 5 heteroatoms. The molecule has 0 spiro atoms. The highest BCUT2D eigenvalue weighted by Crippen LogP contribution is 2.25. The summed E-state index contributed by atoms with van der Waals surface area (Å²) in [4.78, 5) is 14.4. The number of hydrogen-bond acceptors (Lipinski definition) is 4. The third-order valence-corrected chi connectivity index (χ3v) is 3.79. The van der Waals surface area contributed by atoms with Gasteiger partial charge in [0, 0.05) is 24.6 Å². The minimum Gasteiger partial charge on any atom is -0.497 e. The summed E-state index contributed by atoms with van der Waals surface area (Å²) in [7, 11) is 1.63. The average Bonchev–Trinajstić information content (AvgIpc) is 3.02. The second-order valence-electron chi connectivity index (χ2n) is 7.18. The molecule has 1 aromatic heterocycles. The Morgan fingerprint density at radius 2 is 1.96 bits per heavy atom. The molecule has 2 aromatic rings. The van der Waals surface area contributed by atoms with Crippen molar-refractivity contribution in [1.82, 2.24) is 10.1 Å². The Kier molecular flexibility index (Phi) is 6.62. The minimum absolute atomic E-state index is 0.162. The van der Waals surface area contributed by atoms with E-state index in [2.05, 4.69) is 32.9 Å². The molecular formula is C20H28N2O3. The van der Waals surface area contributed by atoms with Crippen LogP contribution in [-0.2, 0) is 11.3 Å². The van der Waals surface area contributed by atoms with Crippen LogP contribution in [0.25, 0.3) is 11.3 Å². The van der Waals surface area contributed by atoms with Gasteiger partial charge in [0.1, 0.15) is 11.4 Å². The summed E-state index contributed by atoms with van der Waals surface area (Å²) < 4.78 is 10.7. The largest absolute Gasteiger partial charge is 0.497 e. The lowest BCUT2D eigenvalue weighted by molar-refractivity contribution is -0.133. The van der Waals surface area contributed by atoms with Crippen molar-refractivity contribution in [2.45, 2.75) is 40.7 Å². The van der Waals surface area contributed by atoms with Gasteiger partial charge < -0.3 is 14.2 Å². The highest BCUT2D eigenvalue weighted by atomic mass is 16.5. The van der Waals surface area contributed by atoms with E-state index in [9.17, 15) is 4.79 Å². The summed E-state index contributed by atoms with van der Waals surface area (Å²) in [5, 5.41) is 4.15. The van der Waals surface area contributed by atoms with Crippen molar-refractivity contribution in [1.29, 1.82) is 0 Å². The van der Waals surface area contributed by atoms with Gasteiger partial charge in [0.25, 0.3) is 0 Å². The van der Waals surface area contributed by atoms with Crippen LogP contribution in [0.15, 0.2) is 34.9 Å². The molecule has 1 heterocycles. The normalized spacial score (nSPS) is 11.2. The van der Waals surface area contributed by atoms with Crippen molar-refractivity contribution in [2.75, 3.05) is 13.7 Å². The number of methoxy groups -OCH3 is 1. The molecular weight excluding hydrogens is 316 g/mol. The Labute approximate surface area is 150 Å². The van der Waals surface area contributed by atoms with Crippen LogP contribution in [0.1, 0.15) is 39.8 Å². The number of benzene rings is 1. The predicted molar refractivity (Wildman–Crippen MR) is 98.2 cm³/mol. The van der Waals surface area contributed by atoms with Crippen molar-refractivity contribution in [3.05, 3.63) is 36.0 Å². The van der Waals surface area contributed by atoms with Crippen LogP contribution in [0.2, 0.25) is 0 Å². The lowest BCUT2D eigenvalue weighted by Gasteiger charge is -2.24. The third-order valence-electron chi connectivity index (χ3n) is 3.79. The van der Waals surface area contributed by atoms with E-state index in [1.165, 1.54) is 0 Å². The zero-order valence-electron chi connectivity index (χ0n) is 15.8. The van der Waals surface area contributed by atoms with Crippen molar-refractivity contribution in [3.8, 4) is 17.1 Å². The van der Waals surface area contributed by atoms with Crippen LogP contribution >= 0.6 is 0 Å². The monoisotopic (exact) mass is 344 g/mol. The Balaban J connectivity index is 2.14. The first-order chi connectivity index (χ1) is 11.9. The quantitative estimate of drug-likeness (QED) is 0.713. The van der Waals surface area contributed by atoms with Gasteiger partial charge in [-0.15, -0.1) is 0 Å². The maximum absolute atomic E-state index is 12.5. The van der Waals surface area contributed by atoms with E-state index in [1.807, 2.05) is 35.2 Å². The van der Waals surface area contributed by atoms with Crippen LogP contribution in [0.4, 0.5) is 0 Å². The molecule has 1 amide bonds. The number of nitrogens with zero attached hydrogens (tertiary/aromatic N) is 2. The number of amides is 1. The molecule has 0 aliphatic rings. The smallest absolute Gasteiger partial charge is 0.223 e. The molecule has 2 rings (SSSR count). The zero-order valence-corrected chi connectivity index (χ0v) is 15.8. The molecule has 25 heavy (non-hydrogen) atoms. The van der Waals surface area contributed by atoms with Crippen LogP contribution in [0, 0.1) is 11.8 Å². The van der Waals surface area contributed by atoms with Crippen molar-refractivity contribution < 1.29 is 14.1 Å². The van der Waals surface area contributed by atoms with Gasteiger partial charge in [-0.05, 0) is 24.0 Å². The fourth-order valence-corrected chi connectivity index (χ4v) is 2.67. The molecule has 0 aliphatic heterocycles. The standard InChI is InChI=1S/C20H28N2O3/c1-14(2)9-20(23)22(12-15(3)4)13-17-11-19(25-21-17)16-7-6-8-18(10-16)24-5/h6-8,10-11,14-15H,9,12-13H2,1-5H3. The molecule has 0 N–H and O–H groups in total. The van der Waals surface area contributed by atoms with Gasteiger partial charge in [0.15, 0.2) is 5.76 Å². The van der Waals surface area contributed by atoms with E-state index in [0.29, 0.717) is 37.1 Å². The zero-order chi connectivity index (χ0) is 18.4. The van der Waals surface area contributed by atoms with E-state index in [-0.39, 0.29) is 5.91 Å². The number of hydrogen-bond donors (Lipinski definition) is 0. The average molecular weight is 344 g/mol. The summed E-state index contributed by atoms with van der Waals surface area (Å²) in [6.07, 6.45) is 0.549. The fourth-order valence-electron chi connectivity index (χ4n) is 2.67. The SMILES string of the molecule is COc1cccc(-c2cc(CN(CC(C)C)C(=O)CC(C)C)no2)c1. The van der Waals surface area contributed by atoms with Crippen molar-refractivity contribution >= 4 is 5.91 Å². The molecule has 0 radical (unpaired) electrons. The first-order valence-electron chi connectivity index (χ1n) is 8.76. The van der Waals surface area contributed by atoms with E-state index in [1.54, 1.807) is 7.11 Å². The van der Waals surface area contributed by atoms with Gasteiger partial charge in [-0.1, -0.05) is 45.0 Å². The second-order valence-corrected chi connectivity index (χ2v) is 7.18. The Bertz CT molecular complexity index is 692. The van der Waals surface area contributed by atoms with Gasteiger partial charge in [0.05, 0.1) is 13.7 Å². The summed E-state index contributed by atoms with van der Waals surface area (Å²) in [6.45, 7) is 9.52. The van der Waals surface area contributed by atoms with Crippen LogP contribution in [0.3, 0.4) is 0 Å². The number of carbonyl (C=O) groups is 1. The molecule has 0 saturated heterocycles. The van der Waals surface area contributed by atoms with Crippen LogP contribution < -0.4 is 4.74 Å². The molecule has 0 bridgehead atoms. The summed E-state index contributed by atoms with van der Waals surface area (Å²) in [5.41, 5.74) is 1.66. The molecule has 1 aromatic carbocycles. The highest BCUT2D eigenvalue weighted by molar-refractivity contribution is 5.76. The number of carbonyl (C=O) groups excluding carboxylic acids is 1. The maximum atomic E-state index is 12.5. The molecule has 5 nitrogen and oxygen atoms in total. The number of ether oxygens (including phenoxy) is 1. The van der Waals surface area contributed by atoms with E-state index in [4.69, 9.17) is 9.26 Å². The predicted octanol–water partition coefficient (Wildman–Crippen LogP) is 4.38. The van der Waals surface area contributed by atoms with Crippen LogP contribution in [0.5, 0.6) is 5.75 Å². The lowest BCUT2D eigenvalue weighted by Crippen LogP contribution is -2.34. The first kappa shape index (κ1) is 19.0. The molecule has 0 unspecified atom stereocenters. The summed E-state index contributed by atoms with van der Waals surface area (Å²) in [5.74, 6) is 2.35. The van der Waals surface area contributed by atoms with Gasteiger partial charge in [0.2, 0.25) is 5.91 Å². The lowest BCUT2D eigenvalue weighted by atomic mass is 10.1. The maximum Gasteiger partial charge on any atom is 0.223 e. The molecule has 0 aliphatic carbocycles. The first-order valence-corrected chi connectivity index (χ1v) is 8.76. The highest BCUT2D eigenvalue weighted by Gasteiger charge is 2.19. The van der Waals surface area contributed by atoms with E-state index >= 15 is 0 Å². The Morgan fingerprint density at radius 1 is 1.20 bits per heavy atom. The molecule has 136 valence electrons. The second kappa shape index (κ2) is 8.70. The minimum atomic E-state index is 0.162. The topological polar surface area (TPSA) is 55.6 Å². The molecule has 0 saturated carbocycles. The van der Waals surface area contributed by atoms with Crippen LogP contribution in [-0.4, -0.2) is 29.6 Å². The summed E-state index contributed by atoms with van der Waals surface area (Å²) in [6, 6.07) is 9.54. The summed E-state index contributed by atoms with van der Waals surface area (Å²) >= 11 is 0. The fraction of sp³-hybridized carbons (Fsp3) is 0.500.